The minimum Gasteiger partial charge on any atom is -0.478 e. The fourth-order valence-electron chi connectivity index (χ4n) is 1.96. The van der Waals surface area contributed by atoms with Crippen molar-refractivity contribution in [3.05, 3.63) is 11.6 Å². The van der Waals surface area contributed by atoms with E-state index in [4.69, 9.17) is 9.84 Å². The lowest BCUT2D eigenvalue weighted by Gasteiger charge is -2.33. The average molecular weight is 268 g/mol. The van der Waals surface area contributed by atoms with Gasteiger partial charge in [-0.2, -0.15) is 0 Å². The monoisotopic (exact) mass is 268 g/mol. The van der Waals surface area contributed by atoms with Crippen LogP contribution in [0.2, 0.25) is 0 Å². The molecule has 1 saturated carbocycles. The van der Waals surface area contributed by atoms with Gasteiger partial charge in [0, 0.05) is 24.7 Å². The molecule has 0 spiro atoms. The summed E-state index contributed by atoms with van der Waals surface area (Å²) in [5.41, 5.74) is 0.299. The SMILES string of the molecule is CC(=CCN1CCOCC1C(=O)NC1CC1)C(=O)O. The zero-order chi connectivity index (χ0) is 13.8. The second-order valence-corrected chi connectivity index (χ2v) is 5.06. The molecule has 1 saturated heterocycles. The van der Waals surface area contributed by atoms with Gasteiger partial charge in [0.05, 0.1) is 13.2 Å². The van der Waals surface area contributed by atoms with E-state index >= 15 is 0 Å². The van der Waals surface area contributed by atoms with Gasteiger partial charge >= 0.3 is 5.97 Å². The lowest BCUT2D eigenvalue weighted by molar-refractivity contribution is -0.132. The lowest BCUT2D eigenvalue weighted by Crippen LogP contribution is -2.54. The Morgan fingerprint density at radius 1 is 1.47 bits per heavy atom. The summed E-state index contributed by atoms with van der Waals surface area (Å²) < 4.78 is 5.35. The molecule has 2 aliphatic rings. The molecule has 1 heterocycles. The van der Waals surface area contributed by atoms with E-state index in [-0.39, 0.29) is 11.9 Å². The van der Waals surface area contributed by atoms with E-state index in [1.807, 2.05) is 4.90 Å². The second kappa shape index (κ2) is 6.16. The topological polar surface area (TPSA) is 78.9 Å². The predicted octanol–water partition coefficient (Wildman–Crippen LogP) is -0.00330. The van der Waals surface area contributed by atoms with Gasteiger partial charge in [0.15, 0.2) is 0 Å². The maximum Gasteiger partial charge on any atom is 0.330 e. The Bertz CT molecular complexity index is 390. The smallest absolute Gasteiger partial charge is 0.330 e. The molecule has 0 bridgehead atoms. The van der Waals surface area contributed by atoms with Crippen molar-refractivity contribution < 1.29 is 19.4 Å². The zero-order valence-corrected chi connectivity index (χ0v) is 11.1. The molecule has 2 N–H and O–H groups in total. The molecule has 2 rings (SSSR count). The molecule has 1 unspecified atom stereocenters. The first-order valence-electron chi connectivity index (χ1n) is 6.60. The molecular weight excluding hydrogens is 248 g/mol. The third-order valence-corrected chi connectivity index (χ3v) is 3.44. The number of carboxylic acids is 1. The van der Waals surface area contributed by atoms with Crippen molar-refractivity contribution >= 4 is 11.9 Å². The van der Waals surface area contributed by atoms with Gasteiger partial charge in [0.2, 0.25) is 5.91 Å². The average Bonchev–Trinajstić information content (AvgIpc) is 3.20. The molecule has 0 aromatic heterocycles. The van der Waals surface area contributed by atoms with E-state index in [2.05, 4.69) is 5.32 Å². The number of morpholine rings is 1. The number of rotatable bonds is 5. The van der Waals surface area contributed by atoms with E-state index in [1.54, 1.807) is 13.0 Å². The number of carboxylic acid groups (broad SMARTS) is 1. The number of carbonyl (C=O) groups excluding carboxylic acids is 1. The van der Waals surface area contributed by atoms with Crippen molar-refractivity contribution in [3.8, 4) is 0 Å². The molecular formula is C13H20N2O4. The highest BCUT2D eigenvalue weighted by molar-refractivity contribution is 5.86. The fraction of sp³-hybridized carbons (Fsp3) is 0.692. The van der Waals surface area contributed by atoms with Crippen molar-refractivity contribution in [2.75, 3.05) is 26.3 Å². The van der Waals surface area contributed by atoms with E-state index in [9.17, 15) is 9.59 Å². The standard InChI is InChI=1S/C13H20N2O4/c1-9(13(17)18)4-5-15-6-7-19-8-11(15)12(16)14-10-2-3-10/h4,10-11H,2-3,5-8H2,1H3,(H,14,16)(H,17,18). The van der Waals surface area contributed by atoms with Gasteiger partial charge in [-0.3, -0.25) is 9.69 Å². The highest BCUT2D eigenvalue weighted by atomic mass is 16.5. The Morgan fingerprint density at radius 2 is 2.21 bits per heavy atom. The number of aliphatic carboxylic acids is 1. The lowest BCUT2D eigenvalue weighted by atomic mass is 10.2. The Morgan fingerprint density at radius 3 is 2.84 bits per heavy atom. The quantitative estimate of drug-likeness (QED) is 0.686. The highest BCUT2D eigenvalue weighted by Crippen LogP contribution is 2.19. The van der Waals surface area contributed by atoms with Crippen molar-refractivity contribution in [3.63, 3.8) is 0 Å². The van der Waals surface area contributed by atoms with Gasteiger partial charge in [0.1, 0.15) is 6.04 Å². The van der Waals surface area contributed by atoms with E-state index < -0.39 is 5.97 Å². The maximum atomic E-state index is 12.1. The normalized spacial score (nSPS) is 25.1. The molecule has 1 atom stereocenters. The van der Waals surface area contributed by atoms with Crippen LogP contribution >= 0.6 is 0 Å². The molecule has 1 aliphatic heterocycles. The third kappa shape index (κ3) is 4.04. The van der Waals surface area contributed by atoms with Crippen LogP contribution in [0, 0.1) is 0 Å². The first-order chi connectivity index (χ1) is 9.08. The van der Waals surface area contributed by atoms with Crippen molar-refractivity contribution in [2.45, 2.75) is 31.8 Å². The van der Waals surface area contributed by atoms with Gasteiger partial charge in [-0.25, -0.2) is 4.79 Å². The Hall–Kier alpha value is -1.40. The Labute approximate surface area is 112 Å². The van der Waals surface area contributed by atoms with Crippen LogP contribution in [0.5, 0.6) is 0 Å². The Balaban J connectivity index is 1.92. The largest absolute Gasteiger partial charge is 0.478 e. The van der Waals surface area contributed by atoms with Gasteiger partial charge in [-0.05, 0) is 19.8 Å². The van der Waals surface area contributed by atoms with Crippen LogP contribution in [0.1, 0.15) is 19.8 Å². The number of amides is 1. The van der Waals surface area contributed by atoms with Crippen LogP contribution in [-0.2, 0) is 14.3 Å². The van der Waals surface area contributed by atoms with Gasteiger partial charge in [0.25, 0.3) is 0 Å². The third-order valence-electron chi connectivity index (χ3n) is 3.44. The molecule has 1 amide bonds. The van der Waals surface area contributed by atoms with Crippen LogP contribution in [0.4, 0.5) is 0 Å². The van der Waals surface area contributed by atoms with Crippen molar-refractivity contribution in [1.29, 1.82) is 0 Å². The number of hydrogen-bond donors (Lipinski definition) is 2. The first-order valence-corrected chi connectivity index (χ1v) is 6.60. The van der Waals surface area contributed by atoms with Gasteiger partial charge in [-0.15, -0.1) is 0 Å². The molecule has 19 heavy (non-hydrogen) atoms. The summed E-state index contributed by atoms with van der Waals surface area (Å²) in [5, 5.41) is 11.8. The molecule has 6 heteroatoms. The summed E-state index contributed by atoms with van der Waals surface area (Å²) >= 11 is 0. The van der Waals surface area contributed by atoms with Crippen LogP contribution in [0.25, 0.3) is 0 Å². The second-order valence-electron chi connectivity index (χ2n) is 5.06. The number of carbonyl (C=O) groups is 2. The maximum absolute atomic E-state index is 12.1. The summed E-state index contributed by atoms with van der Waals surface area (Å²) in [6.45, 7) is 3.62. The molecule has 0 aromatic rings. The predicted molar refractivity (Wildman–Crippen MR) is 68.7 cm³/mol. The number of ether oxygens (including phenoxy) is 1. The zero-order valence-electron chi connectivity index (χ0n) is 11.1. The summed E-state index contributed by atoms with van der Waals surface area (Å²) in [4.78, 5) is 24.8. The number of hydrogen-bond acceptors (Lipinski definition) is 4. The first kappa shape index (κ1) is 14.0. The molecule has 106 valence electrons. The fourth-order valence-corrected chi connectivity index (χ4v) is 1.96. The summed E-state index contributed by atoms with van der Waals surface area (Å²) in [6, 6.07) is 0.0137. The summed E-state index contributed by atoms with van der Waals surface area (Å²) in [5.74, 6) is -0.934. The highest BCUT2D eigenvalue weighted by Gasteiger charge is 2.32. The van der Waals surface area contributed by atoms with Crippen LogP contribution in [0.3, 0.4) is 0 Å². The minimum absolute atomic E-state index is 0.0106. The molecule has 6 nitrogen and oxygen atoms in total. The molecule has 0 aromatic carbocycles. The van der Waals surface area contributed by atoms with Gasteiger partial charge < -0.3 is 15.2 Å². The van der Waals surface area contributed by atoms with Crippen LogP contribution in [-0.4, -0.2) is 60.3 Å². The van der Waals surface area contributed by atoms with Crippen LogP contribution in [0.15, 0.2) is 11.6 Å². The van der Waals surface area contributed by atoms with E-state index in [0.29, 0.717) is 37.9 Å². The van der Waals surface area contributed by atoms with E-state index in [1.165, 1.54) is 0 Å². The van der Waals surface area contributed by atoms with Crippen LogP contribution < -0.4 is 5.32 Å². The Kier molecular flexibility index (Phi) is 4.55. The van der Waals surface area contributed by atoms with Crippen molar-refractivity contribution in [2.24, 2.45) is 0 Å². The summed E-state index contributed by atoms with van der Waals surface area (Å²) in [6.07, 6.45) is 3.75. The van der Waals surface area contributed by atoms with Crippen molar-refractivity contribution in [1.82, 2.24) is 10.2 Å². The molecule has 2 fully saturated rings. The summed E-state index contributed by atoms with van der Waals surface area (Å²) in [7, 11) is 0. The molecule has 0 radical (unpaired) electrons. The van der Waals surface area contributed by atoms with E-state index in [0.717, 1.165) is 12.8 Å². The number of nitrogens with one attached hydrogen (secondary N) is 1. The minimum atomic E-state index is -0.924. The van der Waals surface area contributed by atoms with Gasteiger partial charge in [-0.1, -0.05) is 6.08 Å². The number of nitrogens with zero attached hydrogens (tertiary/aromatic N) is 1. The molecule has 1 aliphatic carbocycles.